The van der Waals surface area contributed by atoms with E-state index in [2.05, 4.69) is 0 Å². The molecule has 102 valence electrons. The van der Waals surface area contributed by atoms with Crippen LogP contribution in [0.15, 0.2) is 24.3 Å². The monoisotopic (exact) mass is 273 g/mol. The van der Waals surface area contributed by atoms with E-state index in [1.807, 2.05) is 0 Å². The second-order valence-electron chi connectivity index (χ2n) is 4.66. The smallest absolute Gasteiger partial charge is 0.152 e. The van der Waals surface area contributed by atoms with Crippen molar-refractivity contribution in [3.05, 3.63) is 35.6 Å². The first-order chi connectivity index (χ1) is 8.38. The molecule has 0 bridgehead atoms. The fourth-order valence-corrected chi connectivity index (χ4v) is 2.83. The highest BCUT2D eigenvalue weighted by Gasteiger charge is 2.20. The van der Waals surface area contributed by atoms with E-state index in [0.717, 1.165) is 0 Å². The van der Waals surface area contributed by atoms with Crippen molar-refractivity contribution in [2.45, 2.75) is 31.4 Å². The molecular formula is C13H20FNO2S. The molecule has 0 amide bonds. The molecule has 18 heavy (non-hydrogen) atoms. The van der Waals surface area contributed by atoms with Gasteiger partial charge in [-0.2, -0.15) is 0 Å². The second kappa shape index (κ2) is 6.29. The molecule has 0 aliphatic heterocycles. The first-order valence-electron chi connectivity index (χ1n) is 6.04. The van der Waals surface area contributed by atoms with Gasteiger partial charge in [0, 0.05) is 0 Å². The third-order valence-corrected chi connectivity index (χ3v) is 5.34. The number of rotatable bonds is 6. The van der Waals surface area contributed by atoms with Crippen molar-refractivity contribution in [2.24, 2.45) is 5.73 Å². The maximum Gasteiger partial charge on any atom is 0.152 e. The van der Waals surface area contributed by atoms with Gasteiger partial charge in [-0.15, -0.1) is 0 Å². The lowest BCUT2D eigenvalue weighted by molar-refractivity contribution is 0.556. The summed E-state index contributed by atoms with van der Waals surface area (Å²) in [6.45, 7) is 3.54. The maximum absolute atomic E-state index is 13.6. The van der Waals surface area contributed by atoms with Gasteiger partial charge in [0.25, 0.3) is 0 Å². The molecule has 3 nitrogen and oxygen atoms in total. The summed E-state index contributed by atoms with van der Waals surface area (Å²) in [5, 5.41) is -0.406. The molecule has 1 rings (SSSR count). The Morgan fingerprint density at radius 2 is 1.89 bits per heavy atom. The summed E-state index contributed by atoms with van der Waals surface area (Å²) in [6.07, 6.45) is 0.359. The number of hydrogen-bond donors (Lipinski definition) is 1. The summed E-state index contributed by atoms with van der Waals surface area (Å²) in [4.78, 5) is 0. The number of sulfone groups is 1. The zero-order chi connectivity index (χ0) is 13.8. The molecule has 0 saturated carbocycles. The number of hydrogen-bond acceptors (Lipinski definition) is 3. The third-order valence-electron chi connectivity index (χ3n) is 3.10. The van der Waals surface area contributed by atoms with Crippen LogP contribution in [-0.4, -0.2) is 26.0 Å². The van der Waals surface area contributed by atoms with E-state index in [1.165, 1.54) is 6.07 Å². The van der Waals surface area contributed by atoms with E-state index < -0.39 is 15.1 Å². The second-order valence-corrected chi connectivity index (χ2v) is 7.34. The molecular weight excluding hydrogens is 253 g/mol. The summed E-state index contributed by atoms with van der Waals surface area (Å²) in [5.41, 5.74) is 6.12. The third kappa shape index (κ3) is 3.78. The zero-order valence-electron chi connectivity index (χ0n) is 10.8. The summed E-state index contributed by atoms with van der Waals surface area (Å²) >= 11 is 0. The van der Waals surface area contributed by atoms with E-state index in [9.17, 15) is 12.8 Å². The Balaban J connectivity index is 2.79. The lowest BCUT2D eigenvalue weighted by Gasteiger charge is -2.16. The molecule has 1 aromatic carbocycles. The predicted octanol–water partition coefficient (Wildman–Crippen LogP) is 2.08. The molecule has 0 spiro atoms. The largest absolute Gasteiger partial charge is 0.330 e. The minimum atomic E-state index is -3.10. The molecule has 0 heterocycles. The first kappa shape index (κ1) is 15.1. The van der Waals surface area contributed by atoms with Crippen molar-refractivity contribution >= 4 is 9.84 Å². The zero-order valence-corrected chi connectivity index (χ0v) is 11.6. The van der Waals surface area contributed by atoms with Crippen molar-refractivity contribution in [1.29, 1.82) is 0 Å². The fraction of sp³-hybridized carbons (Fsp3) is 0.538. The highest BCUT2D eigenvalue weighted by molar-refractivity contribution is 7.91. The molecule has 2 N–H and O–H groups in total. The fourth-order valence-electron chi connectivity index (χ4n) is 1.75. The van der Waals surface area contributed by atoms with Gasteiger partial charge in [0.05, 0.1) is 11.0 Å². The standard InChI is InChI=1S/C13H20FNO2S/c1-10(2)18(16,17)8-7-11(9-15)12-5-3-4-6-13(12)14/h3-6,10-11H,7-9,15H2,1-2H3. The van der Waals surface area contributed by atoms with Gasteiger partial charge in [-0.1, -0.05) is 18.2 Å². The van der Waals surface area contributed by atoms with Gasteiger partial charge < -0.3 is 5.73 Å². The van der Waals surface area contributed by atoms with Crippen LogP contribution in [0.3, 0.4) is 0 Å². The van der Waals surface area contributed by atoms with Gasteiger partial charge in [-0.05, 0) is 44.4 Å². The number of nitrogens with two attached hydrogens (primary N) is 1. The van der Waals surface area contributed by atoms with Crippen molar-refractivity contribution < 1.29 is 12.8 Å². The van der Waals surface area contributed by atoms with Crippen molar-refractivity contribution in [3.63, 3.8) is 0 Å². The normalized spacial score (nSPS) is 13.8. The van der Waals surface area contributed by atoms with E-state index in [0.29, 0.717) is 12.0 Å². The maximum atomic E-state index is 13.6. The average Bonchev–Trinajstić information content (AvgIpc) is 2.31. The predicted molar refractivity (Wildman–Crippen MR) is 71.7 cm³/mol. The van der Waals surface area contributed by atoms with Crippen LogP contribution in [0.2, 0.25) is 0 Å². The first-order valence-corrected chi connectivity index (χ1v) is 7.76. The molecule has 5 heteroatoms. The molecule has 1 atom stereocenters. The molecule has 0 aliphatic rings. The van der Waals surface area contributed by atoms with Gasteiger partial charge in [0.1, 0.15) is 5.82 Å². The van der Waals surface area contributed by atoms with Gasteiger partial charge in [0.15, 0.2) is 9.84 Å². The molecule has 1 aromatic rings. The lowest BCUT2D eigenvalue weighted by Crippen LogP contribution is -2.22. The van der Waals surface area contributed by atoms with E-state index >= 15 is 0 Å². The quantitative estimate of drug-likeness (QED) is 0.863. The van der Waals surface area contributed by atoms with Crippen LogP contribution in [0, 0.1) is 5.82 Å². The molecule has 0 aromatic heterocycles. The van der Waals surface area contributed by atoms with Crippen molar-refractivity contribution in [3.8, 4) is 0 Å². The average molecular weight is 273 g/mol. The van der Waals surface area contributed by atoms with Gasteiger partial charge in [0.2, 0.25) is 0 Å². The Kier molecular flexibility index (Phi) is 5.28. The van der Waals surface area contributed by atoms with Crippen LogP contribution in [0.25, 0.3) is 0 Å². The van der Waals surface area contributed by atoms with Crippen LogP contribution in [0.1, 0.15) is 31.7 Å². The molecule has 0 fully saturated rings. The van der Waals surface area contributed by atoms with Crippen molar-refractivity contribution in [2.75, 3.05) is 12.3 Å². The summed E-state index contributed by atoms with van der Waals surface area (Å²) in [5.74, 6) is -0.532. The van der Waals surface area contributed by atoms with Crippen LogP contribution in [-0.2, 0) is 9.84 Å². The highest BCUT2D eigenvalue weighted by Crippen LogP contribution is 2.22. The Morgan fingerprint density at radius 1 is 1.28 bits per heavy atom. The van der Waals surface area contributed by atoms with Gasteiger partial charge >= 0.3 is 0 Å². The number of halogens is 1. The minimum Gasteiger partial charge on any atom is -0.330 e. The Labute approximate surface area is 108 Å². The highest BCUT2D eigenvalue weighted by atomic mass is 32.2. The SMILES string of the molecule is CC(C)S(=O)(=O)CCC(CN)c1ccccc1F. The molecule has 0 saturated heterocycles. The van der Waals surface area contributed by atoms with Crippen LogP contribution >= 0.6 is 0 Å². The Morgan fingerprint density at radius 3 is 2.39 bits per heavy atom. The van der Waals surface area contributed by atoms with E-state index in [1.54, 1.807) is 32.0 Å². The van der Waals surface area contributed by atoms with Crippen LogP contribution in [0.4, 0.5) is 4.39 Å². The van der Waals surface area contributed by atoms with Gasteiger partial charge in [-0.3, -0.25) is 0 Å². The van der Waals surface area contributed by atoms with E-state index in [4.69, 9.17) is 5.73 Å². The lowest BCUT2D eigenvalue weighted by atomic mass is 9.96. The van der Waals surface area contributed by atoms with Crippen LogP contribution in [0.5, 0.6) is 0 Å². The molecule has 1 unspecified atom stereocenters. The van der Waals surface area contributed by atoms with Gasteiger partial charge in [-0.25, -0.2) is 12.8 Å². The number of benzene rings is 1. The Bertz CT molecular complexity index is 486. The topological polar surface area (TPSA) is 60.2 Å². The van der Waals surface area contributed by atoms with Crippen LogP contribution < -0.4 is 5.73 Å². The summed E-state index contributed by atoms with van der Waals surface area (Å²) < 4.78 is 37.1. The molecule has 0 aliphatic carbocycles. The van der Waals surface area contributed by atoms with E-state index in [-0.39, 0.29) is 24.0 Å². The molecule has 0 radical (unpaired) electrons. The van der Waals surface area contributed by atoms with Crippen molar-refractivity contribution in [1.82, 2.24) is 0 Å². The summed E-state index contributed by atoms with van der Waals surface area (Å²) in [6, 6.07) is 6.37. The Hall–Kier alpha value is -0.940. The minimum absolute atomic E-state index is 0.0425. The summed E-state index contributed by atoms with van der Waals surface area (Å²) in [7, 11) is -3.10.